The van der Waals surface area contributed by atoms with E-state index in [2.05, 4.69) is 25.9 Å². The largest absolute Gasteiger partial charge is 0.481 e. The van der Waals surface area contributed by atoms with E-state index in [9.17, 15) is 0 Å². The number of hydrogen-bond donors (Lipinski definition) is 0. The van der Waals surface area contributed by atoms with Gasteiger partial charge in [-0.05, 0) is 26.0 Å². The highest BCUT2D eigenvalue weighted by Gasteiger charge is 2.09. The molecule has 0 atom stereocenters. The van der Waals surface area contributed by atoms with Gasteiger partial charge in [0.15, 0.2) is 5.82 Å². The predicted molar refractivity (Wildman–Crippen MR) is 82.5 cm³/mol. The summed E-state index contributed by atoms with van der Waals surface area (Å²) in [5.74, 6) is 1.33. The second-order valence-electron chi connectivity index (χ2n) is 3.77. The van der Waals surface area contributed by atoms with Crippen LogP contribution in [0.1, 0.15) is 25.1 Å². The van der Waals surface area contributed by atoms with E-state index < -0.39 is 0 Å². The number of methoxy groups -OCH3 is 1. The first-order valence-electron chi connectivity index (χ1n) is 6.27. The molecule has 19 heavy (non-hydrogen) atoms. The van der Waals surface area contributed by atoms with E-state index in [0.29, 0.717) is 11.7 Å². The van der Waals surface area contributed by atoms with Gasteiger partial charge in [-0.3, -0.25) is 0 Å². The predicted octanol–water partition coefficient (Wildman–Crippen LogP) is 4.56. The highest BCUT2D eigenvalue weighted by atomic mass is 79.9. The molecule has 0 aliphatic heterocycles. The van der Waals surface area contributed by atoms with Crippen molar-refractivity contribution in [3.05, 3.63) is 40.0 Å². The lowest BCUT2D eigenvalue weighted by molar-refractivity contribution is 0.393. The van der Waals surface area contributed by atoms with Crippen molar-refractivity contribution in [2.45, 2.75) is 27.7 Å². The second-order valence-corrected chi connectivity index (χ2v) is 4.69. The van der Waals surface area contributed by atoms with Gasteiger partial charge in [0.25, 0.3) is 0 Å². The van der Waals surface area contributed by atoms with E-state index in [0.717, 1.165) is 21.3 Å². The van der Waals surface area contributed by atoms with E-state index in [1.54, 1.807) is 7.11 Å². The molecule has 4 heteroatoms. The normalized spacial score (nSPS) is 9.58. The van der Waals surface area contributed by atoms with Crippen LogP contribution in [-0.4, -0.2) is 17.1 Å². The first-order chi connectivity index (χ1) is 9.11. The standard InChI is InChI=1S/C13H13BrN2O.C2H6/c1-8-9(2)15-12(16-13(8)17-3)10-4-6-11(14)7-5-10;1-2/h4-7H,1-3H3;1-2H3. The quantitative estimate of drug-likeness (QED) is 0.813. The Bertz CT molecular complexity index is 539. The summed E-state index contributed by atoms with van der Waals surface area (Å²) in [4.78, 5) is 8.88. The van der Waals surface area contributed by atoms with Gasteiger partial charge >= 0.3 is 0 Å². The molecule has 1 heterocycles. The molecule has 102 valence electrons. The summed E-state index contributed by atoms with van der Waals surface area (Å²) < 4.78 is 6.29. The Morgan fingerprint density at radius 2 is 1.58 bits per heavy atom. The lowest BCUT2D eigenvalue weighted by Crippen LogP contribution is -2.00. The summed E-state index contributed by atoms with van der Waals surface area (Å²) in [6.45, 7) is 7.92. The van der Waals surface area contributed by atoms with Crippen LogP contribution in [0.4, 0.5) is 0 Å². The van der Waals surface area contributed by atoms with Gasteiger partial charge < -0.3 is 4.74 Å². The zero-order valence-electron chi connectivity index (χ0n) is 12.0. The van der Waals surface area contributed by atoms with Crippen molar-refractivity contribution in [1.82, 2.24) is 9.97 Å². The molecule has 0 spiro atoms. The number of nitrogens with zero attached hydrogens (tertiary/aromatic N) is 2. The maximum absolute atomic E-state index is 5.25. The van der Waals surface area contributed by atoms with Crippen molar-refractivity contribution < 1.29 is 4.74 Å². The third kappa shape index (κ3) is 3.77. The number of aromatic nitrogens is 2. The van der Waals surface area contributed by atoms with Gasteiger partial charge in [-0.1, -0.05) is 41.9 Å². The number of benzene rings is 1. The summed E-state index contributed by atoms with van der Waals surface area (Å²) in [7, 11) is 1.63. The highest BCUT2D eigenvalue weighted by molar-refractivity contribution is 9.10. The van der Waals surface area contributed by atoms with Crippen LogP contribution >= 0.6 is 15.9 Å². The Labute approximate surface area is 123 Å². The Hall–Kier alpha value is -1.42. The van der Waals surface area contributed by atoms with Crippen LogP contribution in [0.25, 0.3) is 11.4 Å². The summed E-state index contributed by atoms with van der Waals surface area (Å²) in [5.41, 5.74) is 2.90. The molecule has 2 aromatic rings. The van der Waals surface area contributed by atoms with Gasteiger partial charge in [0.05, 0.1) is 7.11 Å². The average molecular weight is 323 g/mol. The van der Waals surface area contributed by atoms with Crippen LogP contribution in [-0.2, 0) is 0 Å². The molecular weight excluding hydrogens is 304 g/mol. The molecule has 0 amide bonds. The lowest BCUT2D eigenvalue weighted by atomic mass is 10.2. The maximum Gasteiger partial charge on any atom is 0.219 e. The molecule has 1 aromatic heterocycles. The van der Waals surface area contributed by atoms with E-state index in [1.165, 1.54) is 0 Å². The topological polar surface area (TPSA) is 35.0 Å². The van der Waals surface area contributed by atoms with Crippen molar-refractivity contribution >= 4 is 15.9 Å². The fraction of sp³-hybridized carbons (Fsp3) is 0.333. The van der Waals surface area contributed by atoms with Crippen LogP contribution in [0.15, 0.2) is 28.7 Å². The van der Waals surface area contributed by atoms with E-state index in [1.807, 2.05) is 52.0 Å². The third-order valence-electron chi connectivity index (χ3n) is 2.64. The minimum Gasteiger partial charge on any atom is -0.481 e. The second kappa shape index (κ2) is 7.24. The summed E-state index contributed by atoms with van der Waals surface area (Å²) in [6.07, 6.45) is 0. The number of halogens is 1. The number of rotatable bonds is 2. The van der Waals surface area contributed by atoms with E-state index in [4.69, 9.17) is 4.74 Å². The summed E-state index contributed by atoms with van der Waals surface area (Å²) in [6, 6.07) is 7.90. The van der Waals surface area contributed by atoms with Crippen LogP contribution in [0.5, 0.6) is 5.88 Å². The SMILES string of the molecule is CC.COc1nc(-c2ccc(Br)cc2)nc(C)c1C. The molecule has 3 nitrogen and oxygen atoms in total. The number of ether oxygens (including phenoxy) is 1. The molecule has 0 saturated carbocycles. The van der Waals surface area contributed by atoms with Crippen LogP contribution < -0.4 is 4.74 Å². The Morgan fingerprint density at radius 3 is 2.11 bits per heavy atom. The molecule has 0 unspecified atom stereocenters. The Morgan fingerprint density at radius 1 is 1.00 bits per heavy atom. The monoisotopic (exact) mass is 322 g/mol. The summed E-state index contributed by atoms with van der Waals surface area (Å²) >= 11 is 3.41. The molecule has 0 radical (unpaired) electrons. The van der Waals surface area contributed by atoms with Crippen molar-refractivity contribution in [2.75, 3.05) is 7.11 Å². The minimum absolute atomic E-state index is 0.635. The van der Waals surface area contributed by atoms with Gasteiger partial charge in [0.2, 0.25) is 5.88 Å². The maximum atomic E-state index is 5.25. The Balaban J connectivity index is 0.000000861. The highest BCUT2D eigenvalue weighted by Crippen LogP contribution is 2.23. The average Bonchev–Trinajstić information content (AvgIpc) is 2.45. The molecular formula is C15H19BrN2O. The van der Waals surface area contributed by atoms with E-state index in [-0.39, 0.29) is 0 Å². The molecule has 0 aliphatic rings. The molecule has 0 N–H and O–H groups in total. The van der Waals surface area contributed by atoms with Crippen LogP contribution in [0, 0.1) is 13.8 Å². The minimum atomic E-state index is 0.635. The zero-order valence-corrected chi connectivity index (χ0v) is 13.6. The fourth-order valence-corrected chi connectivity index (χ4v) is 1.79. The lowest BCUT2D eigenvalue weighted by Gasteiger charge is -2.08. The molecule has 0 bridgehead atoms. The van der Waals surface area contributed by atoms with Gasteiger partial charge in [-0.2, -0.15) is 4.98 Å². The van der Waals surface area contributed by atoms with Crippen molar-refractivity contribution in [3.63, 3.8) is 0 Å². The number of aryl methyl sites for hydroxylation is 1. The van der Waals surface area contributed by atoms with Gasteiger partial charge in [-0.25, -0.2) is 4.98 Å². The first kappa shape index (κ1) is 15.6. The number of hydrogen-bond acceptors (Lipinski definition) is 3. The Kier molecular flexibility index (Phi) is 5.96. The van der Waals surface area contributed by atoms with Crippen molar-refractivity contribution in [3.8, 4) is 17.3 Å². The van der Waals surface area contributed by atoms with Crippen LogP contribution in [0.2, 0.25) is 0 Å². The van der Waals surface area contributed by atoms with E-state index >= 15 is 0 Å². The first-order valence-corrected chi connectivity index (χ1v) is 7.06. The molecule has 0 saturated heterocycles. The fourth-order valence-electron chi connectivity index (χ4n) is 1.53. The van der Waals surface area contributed by atoms with Gasteiger partial charge in [0.1, 0.15) is 0 Å². The molecule has 1 aromatic carbocycles. The smallest absolute Gasteiger partial charge is 0.219 e. The van der Waals surface area contributed by atoms with Gasteiger partial charge in [-0.15, -0.1) is 0 Å². The zero-order chi connectivity index (χ0) is 14.4. The molecule has 2 rings (SSSR count). The van der Waals surface area contributed by atoms with Crippen molar-refractivity contribution in [2.24, 2.45) is 0 Å². The van der Waals surface area contributed by atoms with Crippen LogP contribution in [0.3, 0.4) is 0 Å². The summed E-state index contributed by atoms with van der Waals surface area (Å²) in [5, 5.41) is 0. The molecule has 0 fully saturated rings. The third-order valence-corrected chi connectivity index (χ3v) is 3.17. The van der Waals surface area contributed by atoms with Gasteiger partial charge in [0, 0.05) is 21.3 Å². The molecule has 0 aliphatic carbocycles. The van der Waals surface area contributed by atoms with Crippen molar-refractivity contribution in [1.29, 1.82) is 0 Å².